The second-order valence-corrected chi connectivity index (χ2v) is 10.9. The average Bonchev–Trinajstić information content (AvgIpc) is 2.96. The second kappa shape index (κ2) is 6.74. The first kappa shape index (κ1) is 19.7. The first-order chi connectivity index (χ1) is 13.1. The molecule has 1 amide bonds. The van der Waals surface area contributed by atoms with E-state index in [0.717, 1.165) is 38.5 Å². The summed E-state index contributed by atoms with van der Waals surface area (Å²) < 4.78 is 0. The van der Waals surface area contributed by atoms with Crippen molar-refractivity contribution in [1.29, 1.82) is 0 Å². The number of amides is 1. The molecule has 4 heteroatoms. The summed E-state index contributed by atoms with van der Waals surface area (Å²) in [6.45, 7) is 8.57. The number of carbonyl (C=O) groups excluding carboxylic acids is 1. The van der Waals surface area contributed by atoms with Crippen molar-refractivity contribution in [2.24, 2.45) is 29.1 Å². The van der Waals surface area contributed by atoms with Gasteiger partial charge in [-0.3, -0.25) is 4.79 Å². The number of hydrogen-bond donors (Lipinski definition) is 2. The molecule has 0 aromatic rings. The van der Waals surface area contributed by atoms with Crippen LogP contribution < -0.4 is 5.32 Å². The molecule has 154 valence electrons. The Morgan fingerprint density at radius 3 is 2.54 bits per heavy atom. The van der Waals surface area contributed by atoms with Gasteiger partial charge in [0, 0.05) is 17.0 Å². The summed E-state index contributed by atoms with van der Waals surface area (Å²) in [7, 11) is 0. The molecule has 0 saturated heterocycles. The Morgan fingerprint density at radius 1 is 1.11 bits per heavy atom. The lowest BCUT2D eigenvalue weighted by molar-refractivity contribution is -0.133. The summed E-state index contributed by atoms with van der Waals surface area (Å²) in [6, 6.07) is 0. The minimum atomic E-state index is -0.756. The van der Waals surface area contributed by atoms with Crippen molar-refractivity contribution in [3.8, 4) is 0 Å². The third-order valence-electron chi connectivity index (χ3n) is 8.15. The van der Waals surface area contributed by atoms with Crippen molar-refractivity contribution in [1.82, 2.24) is 5.32 Å². The van der Waals surface area contributed by atoms with Gasteiger partial charge in [-0.1, -0.05) is 12.5 Å². The fraction of sp³-hybridized carbons (Fsp3) is 0.750. The third-order valence-corrected chi connectivity index (χ3v) is 8.15. The number of carboxylic acid groups (broad SMARTS) is 1. The van der Waals surface area contributed by atoms with E-state index in [1.165, 1.54) is 12.0 Å². The predicted octanol–water partition coefficient (Wildman–Crippen LogP) is 4.86. The van der Waals surface area contributed by atoms with Crippen LogP contribution in [0.1, 0.15) is 79.1 Å². The van der Waals surface area contributed by atoms with Crippen molar-refractivity contribution in [2.45, 2.75) is 84.6 Å². The lowest BCUT2D eigenvalue weighted by Crippen LogP contribution is -2.50. The molecule has 28 heavy (non-hydrogen) atoms. The van der Waals surface area contributed by atoms with Crippen LogP contribution in [0.4, 0.5) is 0 Å². The van der Waals surface area contributed by atoms with Gasteiger partial charge in [0.05, 0.1) is 0 Å². The van der Waals surface area contributed by atoms with Crippen LogP contribution in [0.25, 0.3) is 0 Å². The summed E-state index contributed by atoms with van der Waals surface area (Å²) in [5, 5.41) is 12.6. The van der Waals surface area contributed by atoms with Crippen LogP contribution in [0.3, 0.4) is 0 Å². The first-order valence-electron chi connectivity index (χ1n) is 11.1. The summed E-state index contributed by atoms with van der Waals surface area (Å²) in [4.78, 5) is 24.4. The van der Waals surface area contributed by atoms with Crippen LogP contribution in [0, 0.1) is 29.1 Å². The van der Waals surface area contributed by atoms with Crippen LogP contribution in [0.5, 0.6) is 0 Å². The molecule has 0 spiro atoms. The average molecular weight is 386 g/mol. The van der Waals surface area contributed by atoms with Crippen LogP contribution in [-0.2, 0) is 9.59 Å². The molecular formula is C24H35NO3. The van der Waals surface area contributed by atoms with Crippen LogP contribution in [0.2, 0.25) is 0 Å². The molecule has 4 nitrogen and oxygen atoms in total. The Bertz CT molecular complexity index is 756. The van der Waals surface area contributed by atoms with E-state index in [4.69, 9.17) is 0 Å². The van der Waals surface area contributed by atoms with Crippen LogP contribution >= 0.6 is 0 Å². The van der Waals surface area contributed by atoms with Gasteiger partial charge in [-0.2, -0.15) is 0 Å². The third kappa shape index (κ3) is 3.23. The smallest absolute Gasteiger partial charge is 0.331 e. The Labute approximate surface area is 168 Å². The van der Waals surface area contributed by atoms with Gasteiger partial charge < -0.3 is 10.4 Å². The number of hydrogen-bond acceptors (Lipinski definition) is 2. The minimum Gasteiger partial charge on any atom is -0.478 e. The maximum absolute atomic E-state index is 13.0. The van der Waals surface area contributed by atoms with E-state index in [0.29, 0.717) is 29.7 Å². The van der Waals surface area contributed by atoms with Gasteiger partial charge in [0.2, 0.25) is 5.91 Å². The highest BCUT2D eigenvalue weighted by atomic mass is 16.4. The van der Waals surface area contributed by atoms with E-state index >= 15 is 0 Å². The first-order valence-corrected chi connectivity index (χ1v) is 11.1. The fourth-order valence-electron chi connectivity index (χ4n) is 6.96. The van der Waals surface area contributed by atoms with Crippen LogP contribution in [0.15, 0.2) is 22.8 Å². The number of allylic oxidation sites excluding steroid dienone is 3. The van der Waals surface area contributed by atoms with Crippen molar-refractivity contribution >= 4 is 11.9 Å². The SMILES string of the molecule is CC(C)(C)NC(=O)[C@H]1CC[C@H]2[C@@H]3CCC4=C(CCC(C(=O)O)=C4)[C@H]3CC[C@]12C. The van der Waals surface area contributed by atoms with Gasteiger partial charge in [-0.15, -0.1) is 0 Å². The molecule has 0 aliphatic heterocycles. The Morgan fingerprint density at radius 2 is 1.86 bits per heavy atom. The van der Waals surface area contributed by atoms with E-state index in [1.807, 2.05) is 6.08 Å². The van der Waals surface area contributed by atoms with Crippen LogP contribution in [-0.4, -0.2) is 22.5 Å². The summed E-state index contributed by atoms with van der Waals surface area (Å²) in [5.41, 5.74) is 3.38. The zero-order valence-electron chi connectivity index (χ0n) is 17.8. The predicted molar refractivity (Wildman–Crippen MR) is 110 cm³/mol. The molecule has 0 unspecified atom stereocenters. The number of rotatable bonds is 2. The second-order valence-electron chi connectivity index (χ2n) is 10.9. The molecule has 5 atom stereocenters. The Kier molecular flexibility index (Phi) is 4.75. The monoisotopic (exact) mass is 385 g/mol. The standard InChI is InChI=1S/C24H35NO3/c1-23(2,3)25-21(26)20-10-9-19-18-8-5-14-13-15(22(27)28)6-7-16(14)17(18)11-12-24(19,20)4/h13,17-20H,5-12H2,1-4H3,(H,25,26)(H,27,28)/t17-,18-,19+,20-,24+/m1/s1. The molecule has 0 heterocycles. The van der Waals surface area contributed by atoms with Gasteiger partial charge in [0.1, 0.15) is 0 Å². The number of aliphatic carboxylic acids is 1. The molecule has 0 aromatic carbocycles. The highest BCUT2D eigenvalue weighted by molar-refractivity contribution is 5.87. The van der Waals surface area contributed by atoms with Crippen molar-refractivity contribution in [3.05, 3.63) is 22.8 Å². The molecule has 0 bridgehead atoms. The van der Waals surface area contributed by atoms with Crippen molar-refractivity contribution < 1.29 is 14.7 Å². The summed E-state index contributed by atoms with van der Waals surface area (Å²) in [5.74, 6) is 1.54. The normalized spacial score (nSPS) is 37.5. The van der Waals surface area contributed by atoms with E-state index in [2.05, 4.69) is 33.0 Å². The lowest BCUT2D eigenvalue weighted by Gasteiger charge is -2.51. The maximum atomic E-state index is 13.0. The molecule has 2 fully saturated rings. The van der Waals surface area contributed by atoms with Gasteiger partial charge >= 0.3 is 5.97 Å². The number of carbonyl (C=O) groups is 2. The maximum Gasteiger partial charge on any atom is 0.331 e. The van der Waals surface area contributed by atoms with E-state index in [9.17, 15) is 14.7 Å². The van der Waals surface area contributed by atoms with Crippen molar-refractivity contribution in [2.75, 3.05) is 0 Å². The molecular weight excluding hydrogens is 350 g/mol. The summed E-state index contributed by atoms with van der Waals surface area (Å²) in [6.07, 6.45) is 10.2. The van der Waals surface area contributed by atoms with E-state index in [1.54, 1.807) is 5.57 Å². The minimum absolute atomic E-state index is 0.116. The number of fused-ring (bicyclic) bond motifs is 4. The van der Waals surface area contributed by atoms with Gasteiger partial charge in [0.25, 0.3) is 0 Å². The molecule has 4 aliphatic rings. The van der Waals surface area contributed by atoms with Gasteiger partial charge in [-0.25, -0.2) is 4.79 Å². The molecule has 4 aliphatic carbocycles. The van der Waals surface area contributed by atoms with Crippen molar-refractivity contribution in [3.63, 3.8) is 0 Å². The highest BCUT2D eigenvalue weighted by Gasteiger charge is 2.57. The van der Waals surface area contributed by atoms with Gasteiger partial charge in [-0.05, 0) is 107 Å². The van der Waals surface area contributed by atoms with Gasteiger partial charge in [0.15, 0.2) is 0 Å². The van der Waals surface area contributed by atoms with E-state index in [-0.39, 0.29) is 22.8 Å². The lowest BCUT2D eigenvalue weighted by atomic mass is 9.53. The molecule has 2 saturated carbocycles. The topological polar surface area (TPSA) is 66.4 Å². The number of carboxylic acids is 1. The summed E-state index contributed by atoms with van der Waals surface area (Å²) >= 11 is 0. The molecule has 4 rings (SSSR count). The van der Waals surface area contributed by atoms with E-state index < -0.39 is 5.97 Å². The zero-order chi connectivity index (χ0) is 20.3. The Balaban J connectivity index is 1.56. The molecule has 0 radical (unpaired) electrons. The molecule has 0 aromatic heterocycles. The fourth-order valence-corrected chi connectivity index (χ4v) is 6.96. The Hall–Kier alpha value is -1.58. The zero-order valence-corrected chi connectivity index (χ0v) is 17.8. The quantitative estimate of drug-likeness (QED) is 0.714. The largest absolute Gasteiger partial charge is 0.478 e. The highest BCUT2D eigenvalue weighted by Crippen LogP contribution is 2.63. The number of nitrogens with one attached hydrogen (secondary N) is 1. The molecule has 2 N–H and O–H groups in total.